The molecule has 2 heterocycles. The highest BCUT2D eigenvalue weighted by atomic mass is 35.5. The lowest BCUT2D eigenvalue weighted by Gasteiger charge is -2.26. The fourth-order valence-electron chi connectivity index (χ4n) is 3.34. The lowest BCUT2D eigenvalue weighted by atomic mass is 10.1. The highest BCUT2D eigenvalue weighted by Gasteiger charge is 2.23. The SMILES string of the molecule is CC1CCC(Nc2cnn(C)c(=O)c2Cl)CCN1Cc1ccccc1. The van der Waals surface area contributed by atoms with Gasteiger partial charge in [-0.15, -0.1) is 0 Å². The number of halogens is 1. The van der Waals surface area contributed by atoms with Gasteiger partial charge in [0.25, 0.3) is 5.56 Å². The van der Waals surface area contributed by atoms with Crippen LogP contribution in [0.25, 0.3) is 0 Å². The second-order valence-corrected chi connectivity index (χ2v) is 7.19. The normalized spacial score (nSPS) is 21.7. The second kappa shape index (κ2) is 8.02. The third kappa shape index (κ3) is 4.41. The summed E-state index contributed by atoms with van der Waals surface area (Å²) in [5, 5.41) is 7.71. The van der Waals surface area contributed by atoms with Crippen LogP contribution in [0.5, 0.6) is 0 Å². The average Bonchev–Trinajstić information content (AvgIpc) is 2.79. The van der Waals surface area contributed by atoms with Crippen molar-refractivity contribution in [2.24, 2.45) is 7.05 Å². The van der Waals surface area contributed by atoms with Crippen molar-refractivity contribution < 1.29 is 0 Å². The number of aromatic nitrogens is 2. The van der Waals surface area contributed by atoms with Crippen LogP contribution in [0.3, 0.4) is 0 Å². The molecule has 3 rings (SSSR count). The van der Waals surface area contributed by atoms with Crippen molar-refractivity contribution in [1.29, 1.82) is 0 Å². The third-order valence-corrected chi connectivity index (χ3v) is 5.35. The number of rotatable bonds is 4. The van der Waals surface area contributed by atoms with Gasteiger partial charge in [0.05, 0.1) is 11.9 Å². The minimum absolute atomic E-state index is 0.218. The first-order valence-corrected chi connectivity index (χ1v) is 9.18. The van der Waals surface area contributed by atoms with Gasteiger partial charge in [-0.3, -0.25) is 9.69 Å². The van der Waals surface area contributed by atoms with Crippen molar-refractivity contribution in [1.82, 2.24) is 14.7 Å². The molecule has 1 aromatic heterocycles. The number of benzene rings is 1. The van der Waals surface area contributed by atoms with Gasteiger partial charge < -0.3 is 5.32 Å². The zero-order chi connectivity index (χ0) is 17.8. The molecular weight excluding hydrogens is 336 g/mol. The fourth-order valence-corrected chi connectivity index (χ4v) is 3.57. The molecule has 0 aliphatic carbocycles. The van der Waals surface area contributed by atoms with E-state index >= 15 is 0 Å². The van der Waals surface area contributed by atoms with Crippen LogP contribution < -0.4 is 10.9 Å². The Kier molecular flexibility index (Phi) is 5.76. The number of hydrogen-bond acceptors (Lipinski definition) is 4. The van der Waals surface area contributed by atoms with Crippen LogP contribution >= 0.6 is 11.6 Å². The highest BCUT2D eigenvalue weighted by Crippen LogP contribution is 2.24. The average molecular weight is 361 g/mol. The van der Waals surface area contributed by atoms with Crippen LogP contribution in [0.15, 0.2) is 41.3 Å². The highest BCUT2D eigenvalue weighted by molar-refractivity contribution is 6.32. The summed E-state index contributed by atoms with van der Waals surface area (Å²) in [6.45, 7) is 4.28. The summed E-state index contributed by atoms with van der Waals surface area (Å²) in [5.41, 5.74) is 1.72. The molecule has 6 heteroatoms. The zero-order valence-electron chi connectivity index (χ0n) is 14.8. The van der Waals surface area contributed by atoms with Gasteiger partial charge in [-0.05, 0) is 31.7 Å². The van der Waals surface area contributed by atoms with Crippen molar-refractivity contribution in [2.45, 2.75) is 44.8 Å². The Morgan fingerprint density at radius 2 is 2.00 bits per heavy atom. The van der Waals surface area contributed by atoms with Crippen molar-refractivity contribution in [3.05, 3.63) is 57.5 Å². The zero-order valence-corrected chi connectivity index (χ0v) is 15.5. The quantitative estimate of drug-likeness (QED) is 0.909. The van der Waals surface area contributed by atoms with Crippen LogP contribution in [-0.4, -0.2) is 33.3 Å². The number of hydrogen-bond donors (Lipinski definition) is 1. The molecule has 1 aromatic carbocycles. The van der Waals surface area contributed by atoms with Crippen LogP contribution in [0, 0.1) is 0 Å². The molecule has 1 fully saturated rings. The van der Waals surface area contributed by atoms with Gasteiger partial charge in [-0.1, -0.05) is 41.9 Å². The van der Waals surface area contributed by atoms with E-state index in [9.17, 15) is 4.79 Å². The molecule has 2 atom stereocenters. The van der Waals surface area contributed by atoms with Gasteiger partial charge in [0, 0.05) is 32.2 Å². The Hall–Kier alpha value is -1.85. The van der Waals surface area contributed by atoms with E-state index in [1.165, 1.54) is 10.2 Å². The molecule has 5 nitrogen and oxygen atoms in total. The van der Waals surface area contributed by atoms with Crippen LogP contribution in [0.1, 0.15) is 31.7 Å². The van der Waals surface area contributed by atoms with E-state index in [0.717, 1.165) is 32.4 Å². The molecule has 25 heavy (non-hydrogen) atoms. The van der Waals surface area contributed by atoms with Crippen molar-refractivity contribution in [3.8, 4) is 0 Å². The standard InChI is InChI=1S/C19H25ClN4O/c1-14-8-9-16(22-17-12-21-23(2)19(25)18(17)20)10-11-24(14)13-15-6-4-3-5-7-15/h3-7,12,14,16,22H,8-11,13H2,1-2H3. The number of aryl methyl sites for hydroxylation is 1. The van der Waals surface area contributed by atoms with Gasteiger partial charge in [-0.2, -0.15) is 5.10 Å². The summed E-state index contributed by atoms with van der Waals surface area (Å²) < 4.78 is 1.25. The van der Waals surface area contributed by atoms with Crippen molar-refractivity contribution in [3.63, 3.8) is 0 Å². The van der Waals surface area contributed by atoms with E-state index in [-0.39, 0.29) is 10.6 Å². The van der Waals surface area contributed by atoms with Crippen LogP contribution in [-0.2, 0) is 13.6 Å². The Labute approximate surface area is 153 Å². The molecule has 1 N–H and O–H groups in total. The monoisotopic (exact) mass is 360 g/mol. The predicted octanol–water partition coefficient (Wildman–Crippen LogP) is 3.29. The second-order valence-electron chi connectivity index (χ2n) is 6.81. The maximum Gasteiger partial charge on any atom is 0.287 e. The summed E-state index contributed by atoms with van der Waals surface area (Å²) in [7, 11) is 1.60. The van der Waals surface area contributed by atoms with Crippen molar-refractivity contribution in [2.75, 3.05) is 11.9 Å². The first-order valence-electron chi connectivity index (χ1n) is 8.81. The molecule has 0 amide bonds. The summed E-state index contributed by atoms with van der Waals surface area (Å²) in [6, 6.07) is 11.4. The van der Waals surface area contributed by atoms with E-state index in [1.807, 2.05) is 0 Å². The molecule has 2 aromatic rings. The number of likely N-dealkylation sites (tertiary alicyclic amines) is 1. The van der Waals surface area contributed by atoms with Crippen LogP contribution in [0.2, 0.25) is 5.02 Å². The van der Waals surface area contributed by atoms with Crippen LogP contribution in [0.4, 0.5) is 5.69 Å². The number of nitrogens with zero attached hydrogens (tertiary/aromatic N) is 3. The molecule has 1 aliphatic rings. The topological polar surface area (TPSA) is 50.2 Å². The molecule has 2 unspecified atom stereocenters. The predicted molar refractivity (Wildman–Crippen MR) is 102 cm³/mol. The minimum atomic E-state index is -0.264. The van der Waals surface area contributed by atoms with E-state index < -0.39 is 0 Å². The first kappa shape index (κ1) is 18.0. The lowest BCUT2D eigenvalue weighted by molar-refractivity contribution is 0.204. The van der Waals surface area contributed by atoms with E-state index in [0.29, 0.717) is 17.8 Å². The summed E-state index contributed by atoms with van der Waals surface area (Å²) >= 11 is 6.18. The Morgan fingerprint density at radius 3 is 2.76 bits per heavy atom. The van der Waals surface area contributed by atoms with Gasteiger partial charge in [0.15, 0.2) is 0 Å². The molecule has 134 valence electrons. The maximum atomic E-state index is 11.9. The molecule has 1 saturated heterocycles. The lowest BCUT2D eigenvalue weighted by Crippen LogP contribution is -2.32. The van der Waals surface area contributed by atoms with E-state index in [4.69, 9.17) is 11.6 Å². The fraction of sp³-hybridized carbons (Fsp3) is 0.474. The van der Waals surface area contributed by atoms with Gasteiger partial charge >= 0.3 is 0 Å². The molecule has 0 spiro atoms. The van der Waals surface area contributed by atoms with Gasteiger partial charge in [0.1, 0.15) is 5.02 Å². The number of nitrogens with one attached hydrogen (secondary N) is 1. The molecular formula is C19H25ClN4O. The van der Waals surface area contributed by atoms with Gasteiger partial charge in [-0.25, -0.2) is 4.68 Å². The Balaban J connectivity index is 1.65. The molecule has 0 bridgehead atoms. The Morgan fingerprint density at radius 1 is 1.24 bits per heavy atom. The van der Waals surface area contributed by atoms with E-state index in [1.54, 1.807) is 13.2 Å². The summed E-state index contributed by atoms with van der Waals surface area (Å²) in [6.07, 6.45) is 4.82. The number of anilines is 1. The first-order chi connectivity index (χ1) is 12.0. The van der Waals surface area contributed by atoms with Gasteiger partial charge in [0.2, 0.25) is 0 Å². The molecule has 0 radical (unpaired) electrons. The third-order valence-electron chi connectivity index (χ3n) is 4.99. The molecule has 0 saturated carbocycles. The van der Waals surface area contributed by atoms with Crippen molar-refractivity contribution >= 4 is 17.3 Å². The summed E-state index contributed by atoms with van der Waals surface area (Å²) in [4.78, 5) is 14.5. The largest absolute Gasteiger partial charge is 0.380 e. The maximum absolute atomic E-state index is 11.9. The smallest absolute Gasteiger partial charge is 0.287 e. The molecule has 1 aliphatic heterocycles. The Bertz CT molecular complexity index is 762. The van der Waals surface area contributed by atoms with E-state index in [2.05, 4.69) is 52.6 Å². The summed E-state index contributed by atoms with van der Waals surface area (Å²) in [5.74, 6) is 0. The minimum Gasteiger partial charge on any atom is -0.380 e.